The summed E-state index contributed by atoms with van der Waals surface area (Å²) in [5, 5.41) is 28.3. The maximum atomic E-state index is 13.5. The molecule has 0 saturated heterocycles. The zero-order chi connectivity index (χ0) is 24.7. The molecule has 0 spiro atoms. The van der Waals surface area contributed by atoms with E-state index >= 15 is 0 Å². The van der Waals surface area contributed by atoms with E-state index in [-0.39, 0.29) is 41.2 Å². The van der Waals surface area contributed by atoms with Gasteiger partial charge >= 0.3 is 0 Å². The van der Waals surface area contributed by atoms with Crippen LogP contribution < -0.4 is 4.74 Å². The first-order valence-corrected chi connectivity index (χ1v) is 11.3. The number of phenols is 2. The Labute approximate surface area is 205 Å². The average Bonchev–Trinajstić information content (AvgIpc) is 3.38. The Hall–Kier alpha value is -4.04. The number of ether oxygens (including phenoxy) is 1. The molecule has 0 bridgehead atoms. The Kier molecular flexibility index (Phi) is 5.82. The Morgan fingerprint density at radius 2 is 1.83 bits per heavy atom. The molecule has 0 fully saturated rings. The van der Waals surface area contributed by atoms with E-state index in [1.54, 1.807) is 48.2 Å². The lowest BCUT2D eigenvalue weighted by molar-refractivity contribution is 0.0730. The molecule has 1 aliphatic heterocycles. The fourth-order valence-electron chi connectivity index (χ4n) is 4.37. The number of fused-ring (bicyclic) bond motifs is 1. The van der Waals surface area contributed by atoms with Gasteiger partial charge in [-0.05, 0) is 60.5 Å². The molecule has 7 nitrogen and oxygen atoms in total. The highest BCUT2D eigenvalue weighted by Gasteiger charge is 2.42. The molecule has 0 saturated carbocycles. The quantitative estimate of drug-likeness (QED) is 0.333. The van der Waals surface area contributed by atoms with Crippen LogP contribution >= 0.6 is 11.6 Å². The molecule has 5 rings (SSSR count). The number of nitrogens with zero attached hydrogens (tertiary/aromatic N) is 2. The van der Waals surface area contributed by atoms with Crippen LogP contribution in [0.4, 0.5) is 4.39 Å². The normalized spacial score (nSPS) is 14.9. The van der Waals surface area contributed by atoms with Gasteiger partial charge in [0.2, 0.25) is 0 Å². The van der Waals surface area contributed by atoms with Crippen molar-refractivity contribution in [2.45, 2.75) is 19.5 Å². The van der Waals surface area contributed by atoms with Crippen LogP contribution in [-0.2, 0) is 6.54 Å². The lowest BCUT2D eigenvalue weighted by Gasteiger charge is -2.27. The van der Waals surface area contributed by atoms with E-state index in [1.165, 1.54) is 24.3 Å². The van der Waals surface area contributed by atoms with Crippen LogP contribution in [0.3, 0.4) is 0 Å². The third-order valence-electron chi connectivity index (χ3n) is 5.94. The lowest BCUT2D eigenvalue weighted by atomic mass is 9.95. The van der Waals surface area contributed by atoms with Crippen molar-refractivity contribution in [2.75, 3.05) is 6.61 Å². The predicted octanol–water partition coefficient (Wildman–Crippen LogP) is 5.42. The molecule has 2 heterocycles. The number of aromatic amines is 1. The molecule has 0 aliphatic carbocycles. The number of rotatable bonds is 6. The summed E-state index contributed by atoms with van der Waals surface area (Å²) >= 11 is 6.19. The van der Waals surface area contributed by atoms with E-state index in [4.69, 9.17) is 16.3 Å². The van der Waals surface area contributed by atoms with Crippen LogP contribution in [0, 0.1) is 5.82 Å². The van der Waals surface area contributed by atoms with E-state index < -0.39 is 6.04 Å². The van der Waals surface area contributed by atoms with Crippen LogP contribution in [0.5, 0.6) is 17.2 Å². The molecule has 0 radical (unpaired) electrons. The van der Waals surface area contributed by atoms with Gasteiger partial charge in [-0.3, -0.25) is 9.89 Å². The van der Waals surface area contributed by atoms with Crippen molar-refractivity contribution in [1.29, 1.82) is 0 Å². The van der Waals surface area contributed by atoms with Crippen molar-refractivity contribution in [3.05, 3.63) is 93.9 Å². The van der Waals surface area contributed by atoms with Crippen LogP contribution in [0.15, 0.2) is 60.7 Å². The van der Waals surface area contributed by atoms with Crippen LogP contribution in [0.1, 0.15) is 40.1 Å². The number of hydrogen-bond acceptors (Lipinski definition) is 5. The van der Waals surface area contributed by atoms with Gasteiger partial charge in [-0.2, -0.15) is 5.10 Å². The number of nitrogens with one attached hydrogen (secondary N) is 1. The number of aromatic nitrogens is 2. The molecule has 3 N–H and O–H groups in total. The Bertz CT molecular complexity index is 1420. The summed E-state index contributed by atoms with van der Waals surface area (Å²) in [4.78, 5) is 15.2. The maximum absolute atomic E-state index is 13.5. The van der Waals surface area contributed by atoms with Gasteiger partial charge in [0.15, 0.2) is 11.5 Å². The highest BCUT2D eigenvalue weighted by atomic mass is 35.5. The maximum Gasteiger partial charge on any atom is 0.273 e. The summed E-state index contributed by atoms with van der Waals surface area (Å²) in [5.74, 6) is -0.451. The first-order valence-electron chi connectivity index (χ1n) is 11.0. The monoisotopic (exact) mass is 493 g/mol. The number of benzene rings is 3. The minimum atomic E-state index is -0.630. The molecule has 35 heavy (non-hydrogen) atoms. The third kappa shape index (κ3) is 4.06. The van der Waals surface area contributed by atoms with E-state index in [0.29, 0.717) is 34.0 Å². The number of amides is 1. The molecule has 9 heteroatoms. The van der Waals surface area contributed by atoms with Gasteiger partial charge in [0, 0.05) is 22.7 Å². The Morgan fingerprint density at radius 3 is 2.57 bits per heavy atom. The molecule has 1 amide bonds. The van der Waals surface area contributed by atoms with Gasteiger partial charge in [-0.1, -0.05) is 29.8 Å². The predicted molar refractivity (Wildman–Crippen MR) is 128 cm³/mol. The van der Waals surface area contributed by atoms with Gasteiger partial charge in [-0.15, -0.1) is 0 Å². The smallest absolute Gasteiger partial charge is 0.273 e. The molecule has 3 aromatic carbocycles. The molecular weight excluding hydrogens is 473 g/mol. The minimum absolute atomic E-state index is 0.0230. The second-order valence-electron chi connectivity index (χ2n) is 8.14. The number of hydrogen-bond donors (Lipinski definition) is 3. The third-order valence-corrected chi connectivity index (χ3v) is 6.18. The van der Waals surface area contributed by atoms with Crippen molar-refractivity contribution >= 4 is 17.5 Å². The van der Waals surface area contributed by atoms with E-state index in [9.17, 15) is 19.4 Å². The standard InChI is InChI=1S/C26H21ClFN3O4/c1-2-35-21-11-15(5-9-20(21)33)25-22-23(18-12-16(27)6-10-19(18)32)29-30-24(22)26(34)31(25)13-14-3-7-17(28)8-4-14/h3-12,25,32-33H,2,13H2,1H3,(H,29,30). The first kappa shape index (κ1) is 22.7. The summed E-state index contributed by atoms with van der Waals surface area (Å²) in [7, 11) is 0. The van der Waals surface area contributed by atoms with Crippen LogP contribution in [0.25, 0.3) is 11.3 Å². The number of halogens is 2. The highest BCUT2D eigenvalue weighted by Crippen LogP contribution is 2.46. The molecule has 1 aromatic heterocycles. The molecule has 4 aromatic rings. The summed E-state index contributed by atoms with van der Waals surface area (Å²) in [6, 6.07) is 14.8. The Morgan fingerprint density at radius 1 is 1.09 bits per heavy atom. The zero-order valence-electron chi connectivity index (χ0n) is 18.6. The van der Waals surface area contributed by atoms with E-state index in [2.05, 4.69) is 10.2 Å². The number of phenolic OH excluding ortho intramolecular Hbond substituents is 2. The van der Waals surface area contributed by atoms with E-state index in [0.717, 1.165) is 5.56 Å². The molecule has 1 atom stereocenters. The fourth-order valence-corrected chi connectivity index (χ4v) is 4.54. The topological polar surface area (TPSA) is 98.7 Å². The van der Waals surface area contributed by atoms with Gasteiger partial charge < -0.3 is 19.8 Å². The number of H-pyrrole nitrogens is 1. The van der Waals surface area contributed by atoms with Crippen LogP contribution in [-0.4, -0.2) is 37.8 Å². The summed E-state index contributed by atoms with van der Waals surface area (Å²) in [6.45, 7) is 2.34. The second kappa shape index (κ2) is 8.96. The van der Waals surface area contributed by atoms with Crippen molar-refractivity contribution in [3.8, 4) is 28.5 Å². The molecule has 1 aliphatic rings. The van der Waals surface area contributed by atoms with Crippen molar-refractivity contribution in [2.24, 2.45) is 0 Å². The number of carbonyl (C=O) groups excluding carboxylic acids is 1. The van der Waals surface area contributed by atoms with Crippen molar-refractivity contribution in [1.82, 2.24) is 15.1 Å². The summed E-state index contributed by atoms with van der Waals surface area (Å²) in [5.41, 5.74) is 3.00. The molecule has 178 valence electrons. The van der Waals surface area contributed by atoms with E-state index in [1.807, 2.05) is 0 Å². The van der Waals surface area contributed by atoms with Gasteiger partial charge in [0.05, 0.1) is 12.6 Å². The molecule has 1 unspecified atom stereocenters. The first-order chi connectivity index (χ1) is 16.9. The molecular formula is C26H21ClFN3O4. The lowest BCUT2D eigenvalue weighted by Crippen LogP contribution is -2.29. The summed E-state index contributed by atoms with van der Waals surface area (Å²) < 4.78 is 19.1. The Balaban J connectivity index is 1.68. The second-order valence-corrected chi connectivity index (χ2v) is 8.58. The fraction of sp³-hybridized carbons (Fsp3) is 0.154. The van der Waals surface area contributed by atoms with Gasteiger partial charge in [-0.25, -0.2) is 4.39 Å². The largest absolute Gasteiger partial charge is 0.507 e. The summed E-state index contributed by atoms with van der Waals surface area (Å²) in [6.07, 6.45) is 0. The highest BCUT2D eigenvalue weighted by molar-refractivity contribution is 6.31. The van der Waals surface area contributed by atoms with Crippen LogP contribution in [0.2, 0.25) is 5.02 Å². The number of carbonyl (C=O) groups is 1. The van der Waals surface area contributed by atoms with Crippen molar-refractivity contribution < 1.29 is 24.1 Å². The van der Waals surface area contributed by atoms with Gasteiger partial charge in [0.1, 0.15) is 23.0 Å². The van der Waals surface area contributed by atoms with Gasteiger partial charge in [0.25, 0.3) is 5.91 Å². The number of aromatic hydroxyl groups is 2. The zero-order valence-corrected chi connectivity index (χ0v) is 19.4. The van der Waals surface area contributed by atoms with Crippen molar-refractivity contribution in [3.63, 3.8) is 0 Å². The minimum Gasteiger partial charge on any atom is -0.507 e. The SMILES string of the molecule is CCOc1cc(C2c3c(-c4cc(Cl)ccc4O)n[nH]c3C(=O)N2Cc2ccc(F)cc2)ccc1O. The average molecular weight is 494 g/mol.